The molecule has 2 aromatic carbocycles. The normalized spacial score (nSPS) is 14.1. The first kappa shape index (κ1) is 51.5. The lowest BCUT2D eigenvalue weighted by molar-refractivity contribution is -0.122. The largest absolute Gasteiger partial charge is 0.483 e. The lowest BCUT2D eigenvalue weighted by Crippen LogP contribution is -2.34. The van der Waals surface area contributed by atoms with Crippen LogP contribution >= 0.6 is 0 Å². The van der Waals surface area contributed by atoms with Crippen molar-refractivity contribution in [1.29, 1.82) is 0 Å². The number of carboxylic acid groups (broad SMARTS) is 1. The lowest BCUT2D eigenvalue weighted by atomic mass is 10.1. The van der Waals surface area contributed by atoms with Gasteiger partial charge in [0.15, 0.2) is 5.82 Å². The van der Waals surface area contributed by atoms with Gasteiger partial charge in [0.1, 0.15) is 6.29 Å². The third-order valence-electron chi connectivity index (χ3n) is 8.95. The van der Waals surface area contributed by atoms with Crippen molar-refractivity contribution in [3.05, 3.63) is 96.1 Å². The molecule has 1 saturated heterocycles. The van der Waals surface area contributed by atoms with Crippen LogP contribution in [0.5, 0.6) is 0 Å². The second kappa shape index (κ2) is 32.7. The van der Waals surface area contributed by atoms with E-state index in [9.17, 15) is 4.79 Å². The van der Waals surface area contributed by atoms with E-state index in [0.717, 1.165) is 92.2 Å². The summed E-state index contributed by atoms with van der Waals surface area (Å²) in [6.07, 6.45) is 19.9. The van der Waals surface area contributed by atoms with E-state index < -0.39 is 0 Å². The van der Waals surface area contributed by atoms with Gasteiger partial charge in [-0.2, -0.15) is 0 Å². The Bertz CT molecular complexity index is 1590. The zero-order valence-corrected chi connectivity index (χ0v) is 35.3. The van der Waals surface area contributed by atoms with Crippen LogP contribution in [0, 0.1) is 12.8 Å². The molecule has 2 atom stereocenters. The van der Waals surface area contributed by atoms with Crippen molar-refractivity contribution in [2.75, 3.05) is 59.9 Å². The molecule has 3 aromatic rings. The predicted octanol–water partition coefficient (Wildman–Crippen LogP) is 7.00. The molecule has 0 unspecified atom stereocenters. The number of nitrogens with zero attached hydrogens (tertiary/aromatic N) is 7. The second-order valence-corrected chi connectivity index (χ2v) is 12.5. The van der Waals surface area contributed by atoms with Crippen LogP contribution < -0.4 is 10.6 Å². The topological polar surface area (TPSA) is 139 Å². The molecule has 0 spiro atoms. The fourth-order valence-electron chi connectivity index (χ4n) is 5.97. The number of carbonyl (C=O) groups is 2. The summed E-state index contributed by atoms with van der Waals surface area (Å²) in [4.78, 5) is 43.5. The quantitative estimate of drug-likeness (QED) is 0.0505. The molecule has 1 fully saturated rings. The average Bonchev–Trinajstić information content (AvgIpc) is 3.68. The monoisotopic (exact) mass is 782 g/mol. The number of hydrogen-bond acceptors (Lipinski definition) is 11. The van der Waals surface area contributed by atoms with E-state index in [2.05, 4.69) is 119 Å². The molecule has 0 saturated carbocycles. The highest BCUT2D eigenvalue weighted by molar-refractivity contribution is 5.69. The molecule has 12 heteroatoms. The van der Waals surface area contributed by atoms with Crippen molar-refractivity contribution in [1.82, 2.24) is 35.3 Å². The minimum Gasteiger partial charge on any atom is -0.483 e. The number of carbonyl (C=O) groups excluding carboxylic acids is 1. The Balaban J connectivity index is 0.00000124. The van der Waals surface area contributed by atoms with Crippen molar-refractivity contribution in [2.24, 2.45) is 9.98 Å². The van der Waals surface area contributed by atoms with Gasteiger partial charge in [-0.25, -0.2) is 9.97 Å². The van der Waals surface area contributed by atoms with E-state index in [1.807, 2.05) is 62.5 Å². The Morgan fingerprint density at radius 1 is 1.00 bits per heavy atom. The first-order chi connectivity index (χ1) is 27.8. The molecule has 4 rings (SSSR count). The molecule has 0 bridgehead atoms. The zero-order valence-electron chi connectivity index (χ0n) is 35.3. The van der Waals surface area contributed by atoms with Gasteiger partial charge in [0.05, 0.1) is 17.4 Å². The van der Waals surface area contributed by atoms with Gasteiger partial charge in [-0.3, -0.25) is 19.7 Å². The van der Waals surface area contributed by atoms with E-state index in [-0.39, 0.29) is 12.5 Å². The number of aliphatic imine (C=N–C) groups is 2. The summed E-state index contributed by atoms with van der Waals surface area (Å²) in [7, 11) is 4.31. The van der Waals surface area contributed by atoms with Gasteiger partial charge in [0.2, 0.25) is 0 Å². The Morgan fingerprint density at radius 2 is 1.61 bits per heavy atom. The van der Waals surface area contributed by atoms with Gasteiger partial charge in [-0.05, 0) is 84.1 Å². The first-order valence-corrected chi connectivity index (χ1v) is 19.6. The summed E-state index contributed by atoms with van der Waals surface area (Å²) >= 11 is 0. The lowest BCUT2D eigenvalue weighted by Gasteiger charge is -2.25. The molecule has 1 aromatic heterocycles. The van der Waals surface area contributed by atoms with Crippen LogP contribution in [0.4, 0.5) is 0 Å². The van der Waals surface area contributed by atoms with Crippen LogP contribution in [0.3, 0.4) is 0 Å². The van der Waals surface area contributed by atoms with Crippen LogP contribution in [0.25, 0.3) is 22.8 Å². The van der Waals surface area contributed by atoms with Gasteiger partial charge >= 0.3 is 0 Å². The molecule has 1 aliphatic heterocycles. The molecule has 0 radical (unpaired) electrons. The molecule has 310 valence electrons. The van der Waals surface area contributed by atoms with Gasteiger partial charge in [-0.15, -0.1) is 12.8 Å². The van der Waals surface area contributed by atoms with Crippen LogP contribution in [-0.4, -0.2) is 122 Å². The number of rotatable bonds is 19. The first-order valence-electron chi connectivity index (χ1n) is 19.6. The highest BCUT2D eigenvalue weighted by Gasteiger charge is 2.21. The van der Waals surface area contributed by atoms with E-state index in [0.29, 0.717) is 11.9 Å². The Morgan fingerprint density at radius 3 is 2.11 bits per heavy atom. The summed E-state index contributed by atoms with van der Waals surface area (Å²) < 4.78 is 0. The maximum atomic E-state index is 11.0. The Labute approximate surface area is 342 Å². The van der Waals surface area contributed by atoms with Crippen molar-refractivity contribution in [3.63, 3.8) is 0 Å². The van der Waals surface area contributed by atoms with E-state index in [1.165, 1.54) is 12.8 Å². The molecule has 1 aliphatic rings. The van der Waals surface area contributed by atoms with Gasteiger partial charge < -0.3 is 30.3 Å². The number of aldehydes is 1. The number of nitrogens with one attached hydrogen (secondary N) is 2. The third kappa shape index (κ3) is 19.3. The highest BCUT2D eigenvalue weighted by Crippen LogP contribution is 2.22. The molecular formula is C45H67N9O3. The van der Waals surface area contributed by atoms with E-state index in [1.54, 1.807) is 18.6 Å². The second-order valence-electron chi connectivity index (χ2n) is 12.5. The number of terminal acetylenes is 1. The standard InChI is InChI=1S/C28H40N8.C12H17NO.C2H6.C2H2.CH2O2/c1-6-14-35(4)16-13-31-21-26(30-3)24-17-33-28(34-18-24)23-11-9-22(10-12-23)27(20-29-2)32-19-25-8-7-15-36(25)5;1-3-13(4-2)12(10-14)11-8-6-5-7-9-11;2*1-2;2-1-3/h9-12,17-18,20-21,25,31-32H,2-3,6-8,13-16,19H2,1,4-5H3;5-10,12H,3-4H2,1-2H3;1-2H3;1-2H;1H,(H,2,3)/b26-21-,27-20-;;;;/t25-;12-;;;/m00.../s1. The fourth-order valence-corrected chi connectivity index (χ4v) is 5.97. The van der Waals surface area contributed by atoms with Crippen LogP contribution in [0.1, 0.15) is 76.6 Å². The molecule has 3 N–H and O–H groups in total. The van der Waals surface area contributed by atoms with Crippen molar-refractivity contribution >= 4 is 37.6 Å². The van der Waals surface area contributed by atoms with Crippen molar-refractivity contribution in [2.45, 2.75) is 66.0 Å². The predicted molar refractivity (Wildman–Crippen MR) is 240 cm³/mol. The number of benzene rings is 2. The minimum absolute atomic E-state index is 0.0915. The minimum atomic E-state index is -0.250. The summed E-state index contributed by atoms with van der Waals surface area (Å²) in [5, 5.41) is 13.7. The molecule has 2 heterocycles. The maximum Gasteiger partial charge on any atom is 0.290 e. The molecule has 12 nitrogen and oxygen atoms in total. The maximum absolute atomic E-state index is 11.0. The molecule has 57 heavy (non-hydrogen) atoms. The number of likely N-dealkylation sites (tertiary alicyclic amines) is 1. The summed E-state index contributed by atoms with van der Waals surface area (Å²) in [5.74, 6) is 0.663. The van der Waals surface area contributed by atoms with Gasteiger partial charge in [-0.1, -0.05) is 89.2 Å². The molecule has 0 aliphatic carbocycles. The molecule has 0 amide bonds. The number of aromatic nitrogens is 2. The summed E-state index contributed by atoms with van der Waals surface area (Å²) in [6.45, 7) is 24.1. The zero-order chi connectivity index (χ0) is 42.8. The van der Waals surface area contributed by atoms with E-state index in [4.69, 9.17) is 9.90 Å². The van der Waals surface area contributed by atoms with Crippen LogP contribution in [0.15, 0.2) is 89.4 Å². The fraction of sp³-hybridized carbons (Fsp3) is 0.422. The molecular weight excluding hydrogens is 715 g/mol. The SMILES string of the molecule is C#C.C=N/C=C(\NC[C@@H]1CCCN1C)c1ccc(-c2ncc(/C(=C/NCCN(C)CCC)N=C)cn2)cc1.CC.CCN(CC)[C@@H](C=O)c1ccccc1.O=CO. The summed E-state index contributed by atoms with van der Waals surface area (Å²) in [5.41, 5.74) is 5.59. The number of likely N-dealkylation sites (N-methyl/N-ethyl adjacent to an activating group) is 3. The van der Waals surface area contributed by atoms with E-state index >= 15 is 0 Å². The third-order valence-corrected chi connectivity index (χ3v) is 8.95. The Kier molecular flexibility index (Phi) is 29.6. The summed E-state index contributed by atoms with van der Waals surface area (Å²) in [6, 6.07) is 18.5. The van der Waals surface area contributed by atoms with Gasteiger partial charge in [0, 0.05) is 61.6 Å². The smallest absolute Gasteiger partial charge is 0.290 e. The highest BCUT2D eigenvalue weighted by atomic mass is 16.3. The van der Waals surface area contributed by atoms with Crippen LogP contribution in [-0.2, 0) is 9.59 Å². The Hall–Kier alpha value is -5.48. The number of hydrogen-bond donors (Lipinski definition) is 3. The van der Waals surface area contributed by atoms with Crippen molar-refractivity contribution in [3.8, 4) is 24.2 Å². The van der Waals surface area contributed by atoms with Crippen LogP contribution in [0.2, 0.25) is 0 Å². The van der Waals surface area contributed by atoms with Gasteiger partial charge in [0.25, 0.3) is 6.47 Å². The van der Waals surface area contributed by atoms with Crippen molar-refractivity contribution < 1.29 is 14.7 Å². The average molecular weight is 782 g/mol.